The second kappa shape index (κ2) is 9.26. The molecule has 0 radical (unpaired) electrons. The molecular weight excluding hydrogens is 359 g/mol. The summed E-state index contributed by atoms with van der Waals surface area (Å²) in [4.78, 5) is 38.8. The summed E-state index contributed by atoms with van der Waals surface area (Å²) in [6, 6.07) is 14.8. The minimum atomic E-state index is -0.584. The Labute approximate surface area is 163 Å². The number of nitrogens with zero attached hydrogens (tertiary/aromatic N) is 1. The first-order chi connectivity index (χ1) is 13.6. The quantitative estimate of drug-likeness (QED) is 0.749. The molecule has 1 aliphatic rings. The second-order valence-electron chi connectivity index (χ2n) is 6.85. The van der Waals surface area contributed by atoms with Gasteiger partial charge in [0, 0.05) is 25.9 Å². The van der Waals surface area contributed by atoms with Gasteiger partial charge in [-0.15, -0.1) is 0 Å². The number of nitrogens with one attached hydrogen (secondary N) is 1. The molecule has 0 spiro atoms. The molecule has 0 saturated carbocycles. The zero-order valence-electron chi connectivity index (χ0n) is 15.6. The van der Waals surface area contributed by atoms with E-state index in [0.717, 1.165) is 12.0 Å². The van der Waals surface area contributed by atoms with Crippen LogP contribution in [0.3, 0.4) is 0 Å². The van der Waals surface area contributed by atoms with Gasteiger partial charge < -0.3 is 10.2 Å². The van der Waals surface area contributed by atoms with Crippen LogP contribution >= 0.6 is 0 Å². The highest BCUT2D eigenvalue weighted by Gasteiger charge is 2.33. The van der Waals surface area contributed by atoms with E-state index in [4.69, 9.17) is 0 Å². The van der Waals surface area contributed by atoms with E-state index in [2.05, 4.69) is 5.32 Å². The highest BCUT2D eigenvalue weighted by molar-refractivity contribution is 5.98. The van der Waals surface area contributed by atoms with Crippen LogP contribution in [0.2, 0.25) is 0 Å². The second-order valence-corrected chi connectivity index (χ2v) is 6.85. The number of carbonyl (C=O) groups excluding carboxylic acids is 3. The Morgan fingerprint density at radius 3 is 2.46 bits per heavy atom. The minimum absolute atomic E-state index is 0.00567. The van der Waals surface area contributed by atoms with Crippen molar-refractivity contribution >= 4 is 17.6 Å². The van der Waals surface area contributed by atoms with Gasteiger partial charge in [-0.3, -0.25) is 14.4 Å². The molecule has 2 aromatic rings. The van der Waals surface area contributed by atoms with Crippen molar-refractivity contribution in [3.05, 3.63) is 71.5 Å². The molecule has 1 N–H and O–H groups in total. The van der Waals surface area contributed by atoms with E-state index in [0.29, 0.717) is 19.5 Å². The van der Waals surface area contributed by atoms with Gasteiger partial charge in [-0.25, -0.2) is 4.39 Å². The summed E-state index contributed by atoms with van der Waals surface area (Å²) in [5.41, 5.74) is 0.982. The molecule has 0 aromatic heterocycles. The number of hydrogen-bond donors (Lipinski definition) is 1. The van der Waals surface area contributed by atoms with Crippen LogP contribution in [0.15, 0.2) is 54.6 Å². The Balaban J connectivity index is 1.53. The van der Waals surface area contributed by atoms with Crippen LogP contribution in [0.25, 0.3) is 0 Å². The van der Waals surface area contributed by atoms with Gasteiger partial charge in [-0.05, 0) is 30.5 Å². The average molecular weight is 382 g/mol. The maximum Gasteiger partial charge on any atom is 0.243 e. The zero-order valence-corrected chi connectivity index (χ0v) is 15.6. The van der Waals surface area contributed by atoms with Gasteiger partial charge in [0.1, 0.15) is 11.9 Å². The molecule has 0 aliphatic carbocycles. The molecule has 28 heavy (non-hydrogen) atoms. The first kappa shape index (κ1) is 19.7. The SMILES string of the molecule is O=C(CCC(=O)N1CCCC1C(=O)NCc1ccccc1)c1ccccc1F. The van der Waals surface area contributed by atoms with Crippen molar-refractivity contribution in [3.63, 3.8) is 0 Å². The Kier molecular flexibility index (Phi) is 6.53. The summed E-state index contributed by atoms with van der Waals surface area (Å²) < 4.78 is 13.7. The van der Waals surface area contributed by atoms with Crippen LogP contribution in [-0.4, -0.2) is 35.1 Å². The van der Waals surface area contributed by atoms with Crippen LogP contribution in [0.1, 0.15) is 41.6 Å². The number of rotatable bonds is 7. The van der Waals surface area contributed by atoms with E-state index in [9.17, 15) is 18.8 Å². The maximum atomic E-state index is 13.7. The number of Topliss-reactive ketones (excluding diaryl/α,β-unsaturated/α-hetero) is 1. The Morgan fingerprint density at radius 2 is 1.71 bits per heavy atom. The van der Waals surface area contributed by atoms with Gasteiger partial charge >= 0.3 is 0 Å². The molecule has 3 rings (SSSR count). The molecule has 5 nitrogen and oxygen atoms in total. The normalized spacial score (nSPS) is 16.0. The van der Waals surface area contributed by atoms with Gasteiger partial charge in [-0.2, -0.15) is 0 Å². The molecule has 1 fully saturated rings. The number of likely N-dealkylation sites (tertiary alicyclic amines) is 1. The van der Waals surface area contributed by atoms with Crippen LogP contribution in [-0.2, 0) is 16.1 Å². The summed E-state index contributed by atoms with van der Waals surface area (Å²) in [6.07, 6.45) is 1.24. The fraction of sp³-hybridized carbons (Fsp3) is 0.318. The predicted molar refractivity (Wildman–Crippen MR) is 103 cm³/mol. The van der Waals surface area contributed by atoms with Crippen LogP contribution in [0.4, 0.5) is 4.39 Å². The average Bonchev–Trinajstić information content (AvgIpc) is 3.21. The molecule has 2 amide bonds. The molecule has 1 aliphatic heterocycles. The van der Waals surface area contributed by atoms with Crippen LogP contribution in [0.5, 0.6) is 0 Å². The Bertz CT molecular complexity index is 854. The highest BCUT2D eigenvalue weighted by Crippen LogP contribution is 2.20. The lowest BCUT2D eigenvalue weighted by Crippen LogP contribution is -2.45. The summed E-state index contributed by atoms with van der Waals surface area (Å²) >= 11 is 0. The summed E-state index contributed by atoms with van der Waals surface area (Å²) in [5, 5.41) is 2.87. The molecular formula is C22H23FN2O3. The van der Waals surface area contributed by atoms with Crippen molar-refractivity contribution in [2.75, 3.05) is 6.54 Å². The number of hydrogen-bond acceptors (Lipinski definition) is 3. The van der Waals surface area contributed by atoms with Crippen molar-refractivity contribution in [2.24, 2.45) is 0 Å². The smallest absolute Gasteiger partial charge is 0.243 e. The van der Waals surface area contributed by atoms with E-state index in [-0.39, 0.29) is 30.2 Å². The van der Waals surface area contributed by atoms with Gasteiger partial charge in [0.25, 0.3) is 0 Å². The van der Waals surface area contributed by atoms with Crippen LogP contribution < -0.4 is 5.32 Å². The highest BCUT2D eigenvalue weighted by atomic mass is 19.1. The van der Waals surface area contributed by atoms with Crippen LogP contribution in [0, 0.1) is 5.82 Å². The first-order valence-corrected chi connectivity index (χ1v) is 9.45. The number of ketones is 1. The van der Waals surface area contributed by atoms with Crippen molar-refractivity contribution in [2.45, 2.75) is 38.3 Å². The molecule has 1 unspecified atom stereocenters. The van der Waals surface area contributed by atoms with Crippen molar-refractivity contribution in [1.29, 1.82) is 0 Å². The van der Waals surface area contributed by atoms with Gasteiger partial charge in [-0.1, -0.05) is 42.5 Å². The number of benzene rings is 2. The molecule has 1 atom stereocenters. The number of carbonyl (C=O) groups is 3. The lowest BCUT2D eigenvalue weighted by atomic mass is 10.1. The Hall–Kier alpha value is -3.02. The van der Waals surface area contributed by atoms with E-state index in [1.165, 1.54) is 23.1 Å². The fourth-order valence-corrected chi connectivity index (χ4v) is 3.43. The van der Waals surface area contributed by atoms with E-state index in [1.807, 2.05) is 30.3 Å². The number of amides is 2. The van der Waals surface area contributed by atoms with E-state index < -0.39 is 17.6 Å². The molecule has 146 valence electrons. The largest absolute Gasteiger partial charge is 0.350 e. The lowest BCUT2D eigenvalue weighted by molar-refractivity contribution is -0.138. The van der Waals surface area contributed by atoms with Crippen molar-refractivity contribution in [1.82, 2.24) is 10.2 Å². The molecule has 2 aromatic carbocycles. The first-order valence-electron chi connectivity index (χ1n) is 9.45. The summed E-state index contributed by atoms with van der Waals surface area (Å²) in [5.74, 6) is -1.42. The minimum Gasteiger partial charge on any atom is -0.350 e. The maximum absolute atomic E-state index is 13.7. The zero-order chi connectivity index (χ0) is 19.9. The summed E-state index contributed by atoms with van der Waals surface area (Å²) in [6.45, 7) is 0.903. The molecule has 1 saturated heterocycles. The van der Waals surface area contributed by atoms with Gasteiger partial charge in [0.15, 0.2) is 5.78 Å². The third kappa shape index (κ3) is 4.82. The summed E-state index contributed by atoms with van der Waals surface area (Å²) in [7, 11) is 0. The fourth-order valence-electron chi connectivity index (χ4n) is 3.43. The van der Waals surface area contributed by atoms with E-state index >= 15 is 0 Å². The molecule has 0 bridgehead atoms. The van der Waals surface area contributed by atoms with Gasteiger partial charge in [0.05, 0.1) is 5.56 Å². The van der Waals surface area contributed by atoms with Gasteiger partial charge in [0.2, 0.25) is 11.8 Å². The molecule has 6 heteroatoms. The Morgan fingerprint density at radius 1 is 1.00 bits per heavy atom. The third-order valence-corrected chi connectivity index (χ3v) is 4.93. The molecule has 1 heterocycles. The van der Waals surface area contributed by atoms with E-state index in [1.54, 1.807) is 6.07 Å². The van der Waals surface area contributed by atoms with Crippen molar-refractivity contribution in [3.8, 4) is 0 Å². The topological polar surface area (TPSA) is 66.5 Å². The standard InChI is InChI=1S/C22H23FN2O3/c23-18-10-5-4-9-17(18)20(26)12-13-21(27)25-14-6-11-19(25)22(28)24-15-16-7-2-1-3-8-16/h1-5,7-10,19H,6,11-15H2,(H,24,28). The monoisotopic (exact) mass is 382 g/mol. The van der Waals surface area contributed by atoms with Crippen molar-refractivity contribution < 1.29 is 18.8 Å². The third-order valence-electron chi connectivity index (χ3n) is 4.93. The predicted octanol–water partition coefficient (Wildman–Crippen LogP) is 3.10. The lowest BCUT2D eigenvalue weighted by Gasteiger charge is -2.24. The number of halogens is 1.